The van der Waals surface area contributed by atoms with E-state index in [2.05, 4.69) is 58.0 Å². The second kappa shape index (κ2) is 3.79. The Morgan fingerprint density at radius 2 is 1.52 bits per heavy atom. The molecule has 0 bridgehead atoms. The topological polar surface area (TPSA) is 30.2 Å². The van der Waals surface area contributed by atoms with Gasteiger partial charge in [0.05, 0.1) is 16.6 Å². The molecule has 0 saturated carbocycles. The maximum Gasteiger partial charge on any atom is 0.235 e. The van der Waals surface area contributed by atoms with Crippen molar-refractivity contribution in [2.45, 2.75) is 0 Å². The first kappa shape index (κ1) is 10.8. The third kappa shape index (κ3) is 1.43. The molecule has 5 rings (SSSR count). The Kier molecular flexibility index (Phi) is 1.95. The Morgan fingerprint density at radius 3 is 2.52 bits per heavy atom. The van der Waals surface area contributed by atoms with Crippen LogP contribution in [0.15, 0.2) is 66.9 Å². The van der Waals surface area contributed by atoms with E-state index in [1.54, 1.807) is 0 Å². The summed E-state index contributed by atoms with van der Waals surface area (Å²) < 4.78 is 2.06. The van der Waals surface area contributed by atoms with Crippen molar-refractivity contribution in [1.29, 1.82) is 0 Å². The number of benzene rings is 3. The molecule has 0 spiro atoms. The Hall–Kier alpha value is -2.94. The lowest BCUT2D eigenvalue weighted by Crippen LogP contribution is -1.90. The summed E-state index contributed by atoms with van der Waals surface area (Å²) in [5.74, 6) is 0.750. The highest BCUT2D eigenvalue weighted by molar-refractivity contribution is 6.05. The second-order valence-corrected chi connectivity index (χ2v) is 5.24. The van der Waals surface area contributed by atoms with Gasteiger partial charge in [-0.1, -0.05) is 48.5 Å². The van der Waals surface area contributed by atoms with Gasteiger partial charge in [0.2, 0.25) is 5.78 Å². The summed E-state index contributed by atoms with van der Waals surface area (Å²) in [6.45, 7) is 0. The number of imidazole rings is 1. The molecule has 0 amide bonds. The normalized spacial score (nSPS) is 11.8. The summed E-state index contributed by atoms with van der Waals surface area (Å²) in [6, 6.07) is 20.7. The third-order valence-electron chi connectivity index (χ3n) is 3.99. The minimum Gasteiger partial charge on any atom is -0.283 e. The van der Waals surface area contributed by atoms with Crippen molar-refractivity contribution in [3.63, 3.8) is 0 Å². The van der Waals surface area contributed by atoms with Gasteiger partial charge in [0.1, 0.15) is 0 Å². The van der Waals surface area contributed by atoms with Crippen molar-refractivity contribution in [3.05, 3.63) is 66.9 Å². The molecule has 0 fully saturated rings. The van der Waals surface area contributed by atoms with Crippen LogP contribution in [0, 0.1) is 0 Å². The van der Waals surface area contributed by atoms with Crippen LogP contribution in [-0.2, 0) is 0 Å². The van der Waals surface area contributed by atoms with Crippen LogP contribution < -0.4 is 0 Å². The first-order valence-electron chi connectivity index (χ1n) is 6.95. The molecule has 0 atom stereocenters. The molecule has 0 N–H and O–H groups in total. The third-order valence-corrected chi connectivity index (χ3v) is 3.99. The number of hydrogen-bond acceptors (Lipinski definition) is 2. The van der Waals surface area contributed by atoms with Gasteiger partial charge in [-0.05, 0) is 17.5 Å². The minimum absolute atomic E-state index is 0.750. The molecule has 2 heterocycles. The number of hydrogen-bond donors (Lipinski definition) is 0. The molecule has 0 aliphatic carbocycles. The molecule has 3 nitrogen and oxygen atoms in total. The van der Waals surface area contributed by atoms with E-state index in [1.165, 1.54) is 10.8 Å². The highest BCUT2D eigenvalue weighted by Crippen LogP contribution is 2.25. The molecule has 0 aliphatic rings. The van der Waals surface area contributed by atoms with Crippen molar-refractivity contribution in [2.24, 2.45) is 0 Å². The number of aromatic nitrogens is 3. The lowest BCUT2D eigenvalue weighted by Gasteiger charge is -2.04. The van der Waals surface area contributed by atoms with Gasteiger partial charge >= 0.3 is 0 Å². The van der Waals surface area contributed by atoms with E-state index in [9.17, 15) is 0 Å². The molecule has 21 heavy (non-hydrogen) atoms. The van der Waals surface area contributed by atoms with E-state index in [4.69, 9.17) is 4.98 Å². The van der Waals surface area contributed by atoms with Gasteiger partial charge in [0.15, 0.2) is 0 Å². The molecule has 2 aromatic heterocycles. The highest BCUT2D eigenvalue weighted by atomic mass is 15.1. The van der Waals surface area contributed by atoms with Gasteiger partial charge in [-0.15, -0.1) is 0 Å². The first-order valence-corrected chi connectivity index (χ1v) is 6.95. The summed E-state index contributed by atoms with van der Waals surface area (Å²) in [4.78, 5) is 9.42. The van der Waals surface area contributed by atoms with Crippen LogP contribution in [0.1, 0.15) is 0 Å². The molecule has 0 saturated heterocycles. The van der Waals surface area contributed by atoms with Crippen LogP contribution in [-0.4, -0.2) is 14.4 Å². The van der Waals surface area contributed by atoms with E-state index < -0.39 is 0 Å². The first-order chi connectivity index (χ1) is 10.4. The molecule has 0 radical (unpaired) electrons. The molecule has 3 aromatic carbocycles. The van der Waals surface area contributed by atoms with E-state index >= 15 is 0 Å². The van der Waals surface area contributed by atoms with Crippen LogP contribution in [0.2, 0.25) is 0 Å². The molecular formula is C18H11N3. The zero-order valence-corrected chi connectivity index (χ0v) is 11.2. The maximum absolute atomic E-state index is 4.79. The molecule has 3 heteroatoms. The SMILES string of the molecule is c1ccc2c(c1)ccc1cn3c(nc4ccccc43)nc12. The van der Waals surface area contributed by atoms with E-state index in [1.807, 2.05) is 18.2 Å². The van der Waals surface area contributed by atoms with Gasteiger partial charge in [-0.25, -0.2) is 9.97 Å². The van der Waals surface area contributed by atoms with Crippen molar-refractivity contribution < 1.29 is 0 Å². The van der Waals surface area contributed by atoms with Crippen LogP contribution in [0.4, 0.5) is 0 Å². The largest absolute Gasteiger partial charge is 0.283 e. The van der Waals surface area contributed by atoms with Gasteiger partial charge in [0, 0.05) is 17.0 Å². The van der Waals surface area contributed by atoms with Gasteiger partial charge in [0.25, 0.3) is 0 Å². The van der Waals surface area contributed by atoms with Crippen LogP contribution in [0.5, 0.6) is 0 Å². The fourth-order valence-corrected chi connectivity index (χ4v) is 2.98. The quantitative estimate of drug-likeness (QED) is 0.395. The maximum atomic E-state index is 4.79. The molecule has 5 aromatic rings. The molecule has 98 valence electrons. The summed E-state index contributed by atoms with van der Waals surface area (Å²) >= 11 is 0. The Labute approximate surface area is 120 Å². The number of fused-ring (bicyclic) bond motifs is 6. The van der Waals surface area contributed by atoms with Crippen molar-refractivity contribution in [3.8, 4) is 0 Å². The van der Waals surface area contributed by atoms with E-state index in [-0.39, 0.29) is 0 Å². The van der Waals surface area contributed by atoms with E-state index in [0.29, 0.717) is 0 Å². The lowest BCUT2D eigenvalue weighted by atomic mass is 10.1. The van der Waals surface area contributed by atoms with Crippen molar-refractivity contribution in [2.75, 3.05) is 0 Å². The molecular weight excluding hydrogens is 258 g/mol. The zero-order chi connectivity index (χ0) is 13.8. The summed E-state index contributed by atoms with van der Waals surface area (Å²) in [5.41, 5.74) is 3.08. The lowest BCUT2D eigenvalue weighted by molar-refractivity contribution is 1.18. The van der Waals surface area contributed by atoms with E-state index in [0.717, 1.165) is 27.7 Å². The van der Waals surface area contributed by atoms with Crippen LogP contribution >= 0.6 is 0 Å². The Balaban J connectivity index is 2.04. The van der Waals surface area contributed by atoms with Crippen molar-refractivity contribution in [1.82, 2.24) is 14.4 Å². The summed E-state index contributed by atoms with van der Waals surface area (Å²) in [5, 5.41) is 3.51. The smallest absolute Gasteiger partial charge is 0.235 e. The fourth-order valence-electron chi connectivity index (χ4n) is 2.98. The number of para-hydroxylation sites is 2. The summed E-state index contributed by atoms with van der Waals surface area (Å²) in [6.07, 6.45) is 2.12. The van der Waals surface area contributed by atoms with Crippen molar-refractivity contribution >= 4 is 38.5 Å². The number of rotatable bonds is 0. The highest BCUT2D eigenvalue weighted by Gasteiger charge is 2.08. The zero-order valence-electron chi connectivity index (χ0n) is 11.2. The average molecular weight is 269 g/mol. The average Bonchev–Trinajstić information content (AvgIpc) is 2.90. The molecule has 0 unspecified atom stereocenters. The second-order valence-electron chi connectivity index (χ2n) is 5.24. The van der Waals surface area contributed by atoms with Crippen LogP contribution in [0.3, 0.4) is 0 Å². The summed E-state index contributed by atoms with van der Waals surface area (Å²) in [7, 11) is 0. The molecule has 0 aliphatic heterocycles. The predicted molar refractivity (Wildman–Crippen MR) is 85.5 cm³/mol. The Bertz CT molecular complexity index is 1140. The van der Waals surface area contributed by atoms with Gasteiger partial charge in [-0.2, -0.15) is 0 Å². The fraction of sp³-hybridized carbons (Fsp3) is 0. The van der Waals surface area contributed by atoms with Gasteiger partial charge < -0.3 is 0 Å². The standard InChI is InChI=1S/C18H11N3/c1-2-6-14-12(5-1)9-10-13-11-21-16-8-4-3-7-15(16)19-18(21)20-17(13)14/h1-11H. The monoisotopic (exact) mass is 269 g/mol. The van der Waals surface area contributed by atoms with Gasteiger partial charge in [-0.3, -0.25) is 4.40 Å². The Morgan fingerprint density at radius 1 is 0.714 bits per heavy atom. The predicted octanol–water partition coefficient (Wildman–Crippen LogP) is 4.19. The minimum atomic E-state index is 0.750. The number of nitrogens with zero attached hydrogens (tertiary/aromatic N) is 3. The van der Waals surface area contributed by atoms with Crippen LogP contribution in [0.25, 0.3) is 38.5 Å².